The minimum atomic E-state index is -1.15. The maximum absolute atomic E-state index is 13.0. The topological polar surface area (TPSA) is 94.9 Å². The molecule has 1 aliphatic rings. The normalized spacial score (nSPS) is 14.9. The van der Waals surface area contributed by atoms with Crippen molar-refractivity contribution in [1.82, 2.24) is 4.90 Å². The third-order valence-electron chi connectivity index (χ3n) is 7.14. The van der Waals surface area contributed by atoms with Gasteiger partial charge in [-0.05, 0) is 71.2 Å². The fraction of sp³-hybridized carbons (Fsp3) is 0.323. The summed E-state index contributed by atoms with van der Waals surface area (Å²) in [5.74, 6) is -3.10. The molecule has 38 heavy (non-hydrogen) atoms. The largest absolute Gasteiger partial charge is 0.481 e. The predicted molar refractivity (Wildman–Crippen MR) is 147 cm³/mol. The number of fused-ring (bicyclic) bond motifs is 1. The lowest BCUT2D eigenvalue weighted by atomic mass is 9.85. The predicted octanol–water partition coefficient (Wildman–Crippen LogP) is 5.99. The molecule has 0 spiro atoms. The van der Waals surface area contributed by atoms with E-state index in [-0.39, 0.29) is 24.8 Å². The van der Waals surface area contributed by atoms with Gasteiger partial charge >= 0.3 is 5.97 Å². The van der Waals surface area contributed by atoms with Crippen LogP contribution in [0.1, 0.15) is 65.5 Å². The molecule has 1 heterocycles. The molecule has 0 bridgehead atoms. The van der Waals surface area contributed by atoms with E-state index in [1.165, 1.54) is 0 Å². The Balaban J connectivity index is 1.36. The Morgan fingerprint density at radius 1 is 0.868 bits per heavy atom. The summed E-state index contributed by atoms with van der Waals surface area (Å²) in [7, 11) is 0. The molecule has 4 rings (SSSR count). The van der Waals surface area contributed by atoms with E-state index in [1.807, 2.05) is 75.4 Å². The molecule has 7 heteroatoms. The SMILES string of the molecule is CC(C)(C)c1ccc2c(c1)C(=O)N(CC[C@@H](C(=O)O)[C@H](O)CCc1ccc(-c3ccc(Cl)cc3)cc1)C2=O. The number of carbonyl (C=O) groups is 3. The molecule has 3 aromatic carbocycles. The van der Waals surface area contributed by atoms with Crippen LogP contribution in [0.15, 0.2) is 66.7 Å². The van der Waals surface area contributed by atoms with Gasteiger partial charge in [0.15, 0.2) is 0 Å². The molecule has 0 aliphatic carbocycles. The summed E-state index contributed by atoms with van der Waals surface area (Å²) in [6, 6.07) is 20.7. The number of carboxylic acid groups (broad SMARTS) is 1. The molecule has 1 aliphatic heterocycles. The van der Waals surface area contributed by atoms with Gasteiger partial charge < -0.3 is 10.2 Å². The summed E-state index contributed by atoms with van der Waals surface area (Å²) in [6.07, 6.45) is -0.405. The number of aliphatic hydroxyl groups is 1. The van der Waals surface area contributed by atoms with Gasteiger partial charge in [0.2, 0.25) is 0 Å². The van der Waals surface area contributed by atoms with Gasteiger partial charge in [0, 0.05) is 11.6 Å². The first-order valence-electron chi connectivity index (χ1n) is 12.7. The fourth-order valence-corrected chi connectivity index (χ4v) is 4.86. The number of hydrogen-bond acceptors (Lipinski definition) is 4. The van der Waals surface area contributed by atoms with Crippen molar-refractivity contribution >= 4 is 29.4 Å². The van der Waals surface area contributed by atoms with Gasteiger partial charge in [-0.3, -0.25) is 19.3 Å². The van der Waals surface area contributed by atoms with Crippen LogP contribution in [0.2, 0.25) is 5.02 Å². The number of aliphatic hydroxyl groups excluding tert-OH is 1. The lowest BCUT2D eigenvalue weighted by Gasteiger charge is -2.22. The number of aryl methyl sites for hydroxylation is 1. The Kier molecular flexibility index (Phi) is 8.05. The first kappa shape index (κ1) is 27.6. The third kappa shape index (κ3) is 5.98. The molecule has 3 aromatic rings. The zero-order valence-electron chi connectivity index (χ0n) is 21.8. The molecule has 0 saturated carbocycles. The van der Waals surface area contributed by atoms with Gasteiger partial charge in [-0.1, -0.05) is 74.8 Å². The van der Waals surface area contributed by atoms with Crippen LogP contribution in [-0.2, 0) is 16.6 Å². The average Bonchev–Trinajstić information content (AvgIpc) is 3.12. The van der Waals surface area contributed by atoms with Crippen molar-refractivity contribution in [2.75, 3.05) is 6.54 Å². The van der Waals surface area contributed by atoms with Crippen LogP contribution < -0.4 is 0 Å². The summed E-state index contributed by atoms with van der Waals surface area (Å²) >= 11 is 5.96. The number of amides is 2. The Bertz CT molecular complexity index is 1340. The number of imide groups is 1. The standard InChI is InChI=1S/C31H32ClNO5/c1-31(2,3)22-11-14-24-26(18-22)29(36)33(28(24)35)17-16-25(30(37)38)27(34)15-6-19-4-7-20(8-5-19)21-9-12-23(32)13-10-21/h4-5,7-14,18,25,27,34H,6,15-17H2,1-3H3,(H,37,38)/t25-,27-/m1/s1. The van der Waals surface area contributed by atoms with Crippen LogP contribution in [0.4, 0.5) is 0 Å². The maximum Gasteiger partial charge on any atom is 0.309 e. The second kappa shape index (κ2) is 11.1. The van der Waals surface area contributed by atoms with E-state index in [4.69, 9.17) is 11.6 Å². The summed E-state index contributed by atoms with van der Waals surface area (Å²) < 4.78 is 0. The molecular weight excluding hydrogens is 502 g/mol. The van der Waals surface area contributed by atoms with E-state index in [9.17, 15) is 24.6 Å². The Hall–Kier alpha value is -3.48. The quantitative estimate of drug-likeness (QED) is 0.330. The van der Waals surface area contributed by atoms with Gasteiger partial charge in [0.05, 0.1) is 23.1 Å². The van der Waals surface area contributed by atoms with Crippen molar-refractivity contribution in [3.63, 3.8) is 0 Å². The molecule has 0 unspecified atom stereocenters. The Labute approximate surface area is 227 Å². The van der Waals surface area contributed by atoms with Crippen LogP contribution in [0, 0.1) is 5.92 Å². The summed E-state index contributed by atoms with van der Waals surface area (Å²) in [5.41, 5.74) is 4.48. The van der Waals surface area contributed by atoms with Crippen LogP contribution in [0.3, 0.4) is 0 Å². The number of rotatable bonds is 9. The highest BCUT2D eigenvalue weighted by Crippen LogP contribution is 2.30. The van der Waals surface area contributed by atoms with Crippen LogP contribution >= 0.6 is 11.6 Å². The van der Waals surface area contributed by atoms with Gasteiger partial charge in [-0.25, -0.2) is 0 Å². The summed E-state index contributed by atoms with van der Waals surface area (Å²) in [4.78, 5) is 38.9. The minimum Gasteiger partial charge on any atom is -0.481 e. The third-order valence-corrected chi connectivity index (χ3v) is 7.39. The smallest absolute Gasteiger partial charge is 0.309 e. The van der Waals surface area contributed by atoms with E-state index in [2.05, 4.69) is 0 Å². The number of nitrogens with zero attached hydrogens (tertiary/aromatic N) is 1. The van der Waals surface area contributed by atoms with E-state index in [0.29, 0.717) is 22.6 Å². The zero-order chi connectivity index (χ0) is 27.6. The molecular formula is C31H32ClNO5. The molecule has 0 aromatic heterocycles. The molecule has 2 amide bonds. The van der Waals surface area contributed by atoms with Crippen molar-refractivity contribution in [3.05, 3.63) is 94.0 Å². The molecule has 2 N–H and O–H groups in total. The molecule has 198 valence electrons. The molecule has 0 saturated heterocycles. The second-order valence-corrected chi connectivity index (χ2v) is 11.3. The maximum atomic E-state index is 13.0. The monoisotopic (exact) mass is 533 g/mol. The molecule has 2 atom stereocenters. The highest BCUT2D eigenvalue weighted by atomic mass is 35.5. The lowest BCUT2D eigenvalue weighted by molar-refractivity contribution is -0.146. The van der Waals surface area contributed by atoms with Crippen molar-refractivity contribution < 1.29 is 24.6 Å². The van der Waals surface area contributed by atoms with E-state index in [1.54, 1.807) is 12.1 Å². The first-order valence-corrected chi connectivity index (χ1v) is 13.1. The molecule has 0 radical (unpaired) electrons. The highest BCUT2D eigenvalue weighted by molar-refractivity contribution is 6.30. The van der Waals surface area contributed by atoms with Gasteiger partial charge in [0.25, 0.3) is 11.8 Å². The van der Waals surface area contributed by atoms with Gasteiger partial charge in [-0.15, -0.1) is 0 Å². The number of hydrogen-bond donors (Lipinski definition) is 2. The van der Waals surface area contributed by atoms with Gasteiger partial charge in [-0.2, -0.15) is 0 Å². The van der Waals surface area contributed by atoms with Crippen molar-refractivity contribution in [2.45, 2.75) is 51.6 Å². The number of aliphatic carboxylic acids is 1. The van der Waals surface area contributed by atoms with Gasteiger partial charge in [0.1, 0.15) is 0 Å². The van der Waals surface area contributed by atoms with Crippen molar-refractivity contribution in [1.29, 1.82) is 0 Å². The average molecular weight is 534 g/mol. The zero-order valence-corrected chi connectivity index (χ0v) is 22.5. The van der Waals surface area contributed by atoms with Crippen LogP contribution in [-0.4, -0.2) is 45.5 Å². The molecule has 6 nitrogen and oxygen atoms in total. The lowest BCUT2D eigenvalue weighted by Crippen LogP contribution is -2.36. The van der Waals surface area contributed by atoms with Crippen LogP contribution in [0.5, 0.6) is 0 Å². The fourth-order valence-electron chi connectivity index (χ4n) is 4.73. The number of carboxylic acids is 1. The summed E-state index contributed by atoms with van der Waals surface area (Å²) in [6.45, 7) is 6.02. The van der Waals surface area contributed by atoms with E-state index in [0.717, 1.165) is 27.2 Å². The molecule has 0 fully saturated rings. The number of halogens is 1. The van der Waals surface area contributed by atoms with E-state index >= 15 is 0 Å². The second-order valence-electron chi connectivity index (χ2n) is 10.8. The van der Waals surface area contributed by atoms with Crippen molar-refractivity contribution in [2.24, 2.45) is 5.92 Å². The number of carbonyl (C=O) groups excluding carboxylic acids is 2. The van der Waals surface area contributed by atoms with Crippen molar-refractivity contribution in [3.8, 4) is 11.1 Å². The Morgan fingerprint density at radius 2 is 1.45 bits per heavy atom. The Morgan fingerprint density at radius 3 is 2.03 bits per heavy atom. The van der Waals surface area contributed by atoms with Crippen LogP contribution in [0.25, 0.3) is 11.1 Å². The minimum absolute atomic E-state index is 0.0242. The first-order chi connectivity index (χ1) is 18.0. The summed E-state index contributed by atoms with van der Waals surface area (Å²) in [5, 5.41) is 21.2. The van der Waals surface area contributed by atoms with E-state index < -0.39 is 29.8 Å². The highest BCUT2D eigenvalue weighted by Gasteiger charge is 2.37. The number of benzene rings is 3.